The summed E-state index contributed by atoms with van der Waals surface area (Å²) in [5, 5.41) is 0.392. The molecule has 7 nitrogen and oxygen atoms in total. The smallest absolute Gasteiger partial charge is 0.340 e. The van der Waals surface area contributed by atoms with Crippen LogP contribution < -0.4 is 16.9 Å². The number of fused-ring (bicyclic) bond motifs is 2. The summed E-state index contributed by atoms with van der Waals surface area (Å²) in [6.07, 6.45) is 0. The predicted octanol–water partition coefficient (Wildman–Crippen LogP) is 1.60. The monoisotopic (exact) mass is 381 g/mol. The molecule has 0 aliphatic carbocycles. The standard InChI is InChI=1S/C20H16FN3O4/c1-2-28-20(27)15-16(11-7-9-12(21)10-8-11)23-18(25)13-5-3-4-6-14(13)19(26)24(23)17(15)22/h3-10,16H,2,22H2,1H3. The fourth-order valence-electron chi connectivity index (χ4n) is 3.49. The molecule has 1 atom stereocenters. The molecule has 2 N–H and O–H groups in total. The van der Waals surface area contributed by atoms with E-state index in [1.807, 2.05) is 0 Å². The average Bonchev–Trinajstić information content (AvgIpc) is 3.00. The van der Waals surface area contributed by atoms with Crippen LogP contribution in [0.1, 0.15) is 18.5 Å². The SMILES string of the molecule is CCOC(=O)C1=C(N)n2c(=O)c3ccccc3c(=O)n2C1c1ccc(F)cc1. The number of carbonyl (C=O) groups excluding carboxylic acids is 1. The maximum Gasteiger partial charge on any atom is 0.340 e. The van der Waals surface area contributed by atoms with Gasteiger partial charge in [0.1, 0.15) is 23.3 Å². The number of carbonyl (C=O) groups is 1. The minimum atomic E-state index is -1.01. The van der Waals surface area contributed by atoms with Crippen molar-refractivity contribution in [3.8, 4) is 0 Å². The Morgan fingerprint density at radius 1 is 1.07 bits per heavy atom. The zero-order valence-corrected chi connectivity index (χ0v) is 14.9. The summed E-state index contributed by atoms with van der Waals surface area (Å²) in [6, 6.07) is 10.6. The van der Waals surface area contributed by atoms with Crippen molar-refractivity contribution in [3.63, 3.8) is 0 Å². The highest BCUT2D eigenvalue weighted by Gasteiger charge is 2.38. The highest BCUT2D eigenvalue weighted by molar-refractivity contribution is 5.97. The lowest BCUT2D eigenvalue weighted by atomic mass is 9.99. The van der Waals surface area contributed by atoms with E-state index >= 15 is 0 Å². The van der Waals surface area contributed by atoms with E-state index in [1.54, 1.807) is 19.1 Å². The van der Waals surface area contributed by atoms with Gasteiger partial charge in [0.2, 0.25) is 0 Å². The molecule has 0 saturated carbocycles. The van der Waals surface area contributed by atoms with Crippen LogP contribution in [-0.4, -0.2) is 21.9 Å². The summed E-state index contributed by atoms with van der Waals surface area (Å²) in [5.41, 5.74) is 5.51. The fourth-order valence-corrected chi connectivity index (χ4v) is 3.49. The van der Waals surface area contributed by atoms with E-state index in [0.29, 0.717) is 5.56 Å². The Hall–Kier alpha value is -3.68. The van der Waals surface area contributed by atoms with E-state index in [9.17, 15) is 18.8 Å². The van der Waals surface area contributed by atoms with Crippen LogP contribution in [0.3, 0.4) is 0 Å². The van der Waals surface area contributed by atoms with Gasteiger partial charge in [0.25, 0.3) is 11.1 Å². The second kappa shape index (κ2) is 6.49. The van der Waals surface area contributed by atoms with E-state index < -0.39 is 28.9 Å². The van der Waals surface area contributed by atoms with Crippen LogP contribution in [0.25, 0.3) is 16.6 Å². The van der Waals surface area contributed by atoms with Gasteiger partial charge < -0.3 is 10.5 Å². The van der Waals surface area contributed by atoms with Crippen molar-refractivity contribution in [2.45, 2.75) is 13.0 Å². The van der Waals surface area contributed by atoms with Crippen LogP contribution in [0, 0.1) is 5.82 Å². The second-order valence-corrected chi connectivity index (χ2v) is 6.29. The number of nitrogens with zero attached hydrogens (tertiary/aromatic N) is 2. The molecule has 0 bridgehead atoms. The first-order valence-corrected chi connectivity index (χ1v) is 8.65. The van der Waals surface area contributed by atoms with Crippen molar-refractivity contribution in [3.05, 3.63) is 86.2 Å². The van der Waals surface area contributed by atoms with Gasteiger partial charge >= 0.3 is 5.97 Å². The molecule has 2 heterocycles. The van der Waals surface area contributed by atoms with Crippen LogP contribution >= 0.6 is 0 Å². The minimum Gasteiger partial charge on any atom is -0.462 e. The summed E-state index contributed by atoms with van der Waals surface area (Å²) in [5.74, 6) is -1.39. The van der Waals surface area contributed by atoms with Gasteiger partial charge in [-0.2, -0.15) is 4.68 Å². The summed E-state index contributed by atoms with van der Waals surface area (Å²) < 4.78 is 20.6. The number of benzene rings is 2. The largest absolute Gasteiger partial charge is 0.462 e. The Morgan fingerprint density at radius 2 is 1.68 bits per heavy atom. The van der Waals surface area contributed by atoms with E-state index in [4.69, 9.17) is 10.5 Å². The first-order valence-electron chi connectivity index (χ1n) is 8.65. The van der Waals surface area contributed by atoms with Crippen LogP contribution in [-0.2, 0) is 9.53 Å². The normalized spacial score (nSPS) is 15.7. The second-order valence-electron chi connectivity index (χ2n) is 6.29. The van der Waals surface area contributed by atoms with Gasteiger partial charge in [0.15, 0.2) is 0 Å². The first-order chi connectivity index (χ1) is 13.5. The number of aromatic nitrogens is 2. The van der Waals surface area contributed by atoms with Gasteiger partial charge in [0.05, 0.1) is 17.4 Å². The molecular formula is C20H16FN3O4. The molecule has 3 aromatic rings. The fraction of sp³-hybridized carbons (Fsp3) is 0.150. The third-order valence-corrected chi connectivity index (χ3v) is 4.71. The number of nitrogens with two attached hydrogens (primary N) is 1. The number of hydrogen-bond donors (Lipinski definition) is 1. The van der Waals surface area contributed by atoms with Crippen molar-refractivity contribution in [1.82, 2.24) is 9.36 Å². The molecular weight excluding hydrogens is 365 g/mol. The van der Waals surface area contributed by atoms with Crippen molar-refractivity contribution in [2.24, 2.45) is 5.73 Å². The third-order valence-electron chi connectivity index (χ3n) is 4.71. The molecule has 4 rings (SSSR count). The highest BCUT2D eigenvalue weighted by atomic mass is 19.1. The quantitative estimate of drug-likeness (QED) is 0.695. The molecule has 1 aliphatic rings. The van der Waals surface area contributed by atoms with E-state index in [-0.39, 0.29) is 28.8 Å². The van der Waals surface area contributed by atoms with Crippen molar-refractivity contribution in [1.29, 1.82) is 0 Å². The summed E-state index contributed by atoms with van der Waals surface area (Å²) >= 11 is 0. The molecule has 28 heavy (non-hydrogen) atoms. The average molecular weight is 381 g/mol. The molecule has 1 aliphatic heterocycles. The van der Waals surface area contributed by atoms with Gasteiger partial charge in [-0.1, -0.05) is 24.3 Å². The van der Waals surface area contributed by atoms with Gasteiger partial charge in [-0.25, -0.2) is 13.9 Å². The zero-order chi connectivity index (χ0) is 20.0. The lowest BCUT2D eigenvalue weighted by Crippen LogP contribution is -2.38. The predicted molar refractivity (Wildman–Crippen MR) is 101 cm³/mol. The molecule has 1 unspecified atom stereocenters. The van der Waals surface area contributed by atoms with Crippen molar-refractivity contribution in [2.75, 3.05) is 6.61 Å². The van der Waals surface area contributed by atoms with E-state index in [0.717, 1.165) is 9.36 Å². The number of hydrogen-bond acceptors (Lipinski definition) is 5. The van der Waals surface area contributed by atoms with Crippen LogP contribution in [0.4, 0.5) is 4.39 Å². The maximum atomic E-state index is 13.4. The molecule has 0 fully saturated rings. The topological polar surface area (TPSA) is 96.3 Å². The van der Waals surface area contributed by atoms with Gasteiger partial charge in [-0.3, -0.25) is 9.59 Å². The molecule has 142 valence electrons. The molecule has 1 aromatic heterocycles. The third kappa shape index (κ3) is 2.45. The molecule has 8 heteroatoms. The number of rotatable bonds is 3. The number of halogens is 1. The number of ether oxygens (including phenoxy) is 1. The summed E-state index contributed by atoms with van der Waals surface area (Å²) in [6.45, 7) is 1.73. The molecule has 0 saturated heterocycles. The van der Waals surface area contributed by atoms with E-state index in [1.165, 1.54) is 36.4 Å². The Kier molecular flexibility index (Phi) is 4.11. The lowest BCUT2D eigenvalue weighted by Gasteiger charge is -2.18. The minimum absolute atomic E-state index is 0.0389. The molecule has 0 radical (unpaired) electrons. The van der Waals surface area contributed by atoms with E-state index in [2.05, 4.69) is 0 Å². The molecule has 0 amide bonds. The Labute approximate surface area is 158 Å². The first kappa shape index (κ1) is 17.7. The van der Waals surface area contributed by atoms with Crippen molar-refractivity contribution >= 4 is 22.6 Å². The van der Waals surface area contributed by atoms with Crippen LogP contribution in [0.5, 0.6) is 0 Å². The van der Waals surface area contributed by atoms with Gasteiger partial charge in [-0.05, 0) is 36.8 Å². The van der Waals surface area contributed by atoms with Gasteiger partial charge in [0, 0.05) is 0 Å². The molecule has 0 spiro atoms. The maximum absolute atomic E-state index is 13.4. The highest BCUT2D eigenvalue weighted by Crippen LogP contribution is 2.33. The lowest BCUT2D eigenvalue weighted by molar-refractivity contribution is -0.138. The van der Waals surface area contributed by atoms with Crippen molar-refractivity contribution < 1.29 is 13.9 Å². The molecule has 2 aromatic carbocycles. The Morgan fingerprint density at radius 3 is 2.29 bits per heavy atom. The Bertz CT molecular complexity index is 1260. The Balaban J connectivity index is 2.10. The van der Waals surface area contributed by atoms with Gasteiger partial charge in [-0.15, -0.1) is 0 Å². The van der Waals surface area contributed by atoms with Crippen LogP contribution in [0.15, 0.2) is 63.7 Å². The summed E-state index contributed by atoms with van der Waals surface area (Å²) in [4.78, 5) is 38.8. The summed E-state index contributed by atoms with van der Waals surface area (Å²) in [7, 11) is 0. The zero-order valence-electron chi connectivity index (χ0n) is 14.9. The number of esters is 1. The van der Waals surface area contributed by atoms with Crippen LogP contribution in [0.2, 0.25) is 0 Å².